The molecule has 0 aliphatic heterocycles. The van der Waals surface area contributed by atoms with Crippen molar-refractivity contribution < 1.29 is 14.7 Å². The number of carboxylic acid groups (broad SMARTS) is 1. The van der Waals surface area contributed by atoms with Crippen LogP contribution < -0.4 is 11.1 Å². The zero-order valence-electron chi connectivity index (χ0n) is 8.48. The zero-order valence-corrected chi connectivity index (χ0v) is 8.48. The van der Waals surface area contributed by atoms with Gasteiger partial charge in [0.2, 0.25) is 5.91 Å². The van der Waals surface area contributed by atoms with Crippen molar-refractivity contribution in [2.45, 2.75) is 37.8 Å². The monoisotopic (exact) mass is 212 g/mol. The van der Waals surface area contributed by atoms with Crippen molar-refractivity contribution >= 4 is 11.9 Å². The van der Waals surface area contributed by atoms with Crippen LogP contribution in [0.25, 0.3) is 0 Å². The Morgan fingerprint density at radius 1 is 1.27 bits per heavy atom. The van der Waals surface area contributed by atoms with Crippen LogP contribution in [0.1, 0.15) is 25.7 Å². The molecule has 0 spiro atoms. The minimum Gasteiger partial charge on any atom is -0.478 e. The molecule has 1 amide bonds. The highest BCUT2D eigenvalue weighted by Crippen LogP contribution is 2.16. The number of rotatable bonds is 3. The van der Waals surface area contributed by atoms with Crippen molar-refractivity contribution in [2.75, 3.05) is 0 Å². The van der Waals surface area contributed by atoms with Crippen LogP contribution in [0, 0.1) is 0 Å². The molecule has 0 aromatic rings. The van der Waals surface area contributed by atoms with Crippen LogP contribution in [0.4, 0.5) is 0 Å². The van der Waals surface area contributed by atoms with Crippen molar-refractivity contribution in [2.24, 2.45) is 5.73 Å². The molecule has 0 radical (unpaired) electrons. The van der Waals surface area contributed by atoms with Crippen molar-refractivity contribution in [1.82, 2.24) is 5.32 Å². The summed E-state index contributed by atoms with van der Waals surface area (Å²) in [5.74, 6) is -1.52. The first kappa shape index (κ1) is 11.7. The molecule has 1 fully saturated rings. The van der Waals surface area contributed by atoms with Crippen LogP contribution in [0.5, 0.6) is 0 Å². The molecule has 2 atom stereocenters. The third-order valence-corrected chi connectivity index (χ3v) is 2.52. The Kier molecular flexibility index (Phi) is 4.30. The van der Waals surface area contributed by atoms with E-state index in [2.05, 4.69) is 5.32 Å². The van der Waals surface area contributed by atoms with E-state index in [1.807, 2.05) is 0 Å². The highest BCUT2D eigenvalue weighted by Gasteiger charge is 2.22. The highest BCUT2D eigenvalue weighted by molar-refractivity contribution is 5.94. The molecule has 5 heteroatoms. The molecule has 1 aliphatic rings. The van der Waals surface area contributed by atoms with Crippen molar-refractivity contribution in [3.05, 3.63) is 12.2 Å². The fraction of sp³-hybridized carbons (Fsp3) is 0.600. The van der Waals surface area contributed by atoms with Gasteiger partial charge in [-0.15, -0.1) is 0 Å². The lowest BCUT2D eigenvalue weighted by atomic mass is 9.91. The number of carbonyl (C=O) groups is 2. The summed E-state index contributed by atoms with van der Waals surface area (Å²) in [6, 6.07) is -0.0365. The maximum atomic E-state index is 11.2. The average Bonchev–Trinajstić information content (AvgIpc) is 2.18. The third kappa shape index (κ3) is 4.12. The van der Waals surface area contributed by atoms with Gasteiger partial charge in [-0.1, -0.05) is 12.8 Å². The van der Waals surface area contributed by atoms with Gasteiger partial charge in [-0.2, -0.15) is 0 Å². The maximum absolute atomic E-state index is 11.2. The topological polar surface area (TPSA) is 92.4 Å². The Morgan fingerprint density at radius 3 is 2.53 bits per heavy atom. The van der Waals surface area contributed by atoms with E-state index in [9.17, 15) is 9.59 Å². The maximum Gasteiger partial charge on any atom is 0.328 e. The summed E-state index contributed by atoms with van der Waals surface area (Å²) in [6.07, 6.45) is 5.77. The van der Waals surface area contributed by atoms with Gasteiger partial charge in [0, 0.05) is 24.2 Å². The van der Waals surface area contributed by atoms with Gasteiger partial charge in [-0.25, -0.2) is 4.79 Å². The Balaban J connectivity index is 2.39. The Hall–Kier alpha value is -1.36. The summed E-state index contributed by atoms with van der Waals surface area (Å²) in [6.45, 7) is 0. The molecular formula is C10H16N2O3. The molecule has 4 N–H and O–H groups in total. The molecule has 84 valence electrons. The minimum atomic E-state index is -1.13. The number of nitrogens with two attached hydrogens (primary N) is 1. The lowest BCUT2D eigenvalue weighted by molar-refractivity contribution is -0.131. The standard InChI is InChI=1S/C10H16N2O3/c11-7-3-1-2-4-8(7)12-9(13)5-6-10(14)15/h5-8H,1-4,11H2,(H,12,13)(H,14,15)/b6-5-. The number of carboxylic acids is 1. The number of amides is 1. The Bertz CT molecular complexity index is 276. The van der Waals surface area contributed by atoms with E-state index in [1.54, 1.807) is 0 Å². The summed E-state index contributed by atoms with van der Waals surface area (Å²) < 4.78 is 0. The normalized spacial score (nSPS) is 26.5. The minimum absolute atomic E-state index is 0.0130. The van der Waals surface area contributed by atoms with E-state index in [4.69, 9.17) is 10.8 Å². The van der Waals surface area contributed by atoms with Gasteiger partial charge in [-0.3, -0.25) is 4.79 Å². The van der Waals surface area contributed by atoms with Gasteiger partial charge >= 0.3 is 5.97 Å². The van der Waals surface area contributed by atoms with Crippen LogP contribution in [0.15, 0.2) is 12.2 Å². The second-order valence-corrected chi connectivity index (χ2v) is 3.73. The summed E-state index contributed by atoms with van der Waals surface area (Å²) in [4.78, 5) is 21.4. The number of hydrogen-bond donors (Lipinski definition) is 3. The summed E-state index contributed by atoms with van der Waals surface area (Å²) in [5, 5.41) is 11.0. The van der Waals surface area contributed by atoms with Crippen molar-refractivity contribution in [3.63, 3.8) is 0 Å². The Morgan fingerprint density at radius 2 is 1.93 bits per heavy atom. The lowest BCUT2D eigenvalue weighted by Gasteiger charge is -2.28. The van der Waals surface area contributed by atoms with Gasteiger partial charge in [0.15, 0.2) is 0 Å². The number of nitrogens with one attached hydrogen (secondary N) is 1. The van der Waals surface area contributed by atoms with Crippen LogP contribution >= 0.6 is 0 Å². The first-order valence-corrected chi connectivity index (χ1v) is 5.06. The molecule has 0 bridgehead atoms. The molecule has 0 aromatic carbocycles. The molecule has 1 saturated carbocycles. The van der Waals surface area contributed by atoms with Gasteiger partial charge in [0.1, 0.15) is 0 Å². The van der Waals surface area contributed by atoms with Crippen LogP contribution in [-0.4, -0.2) is 29.1 Å². The van der Waals surface area contributed by atoms with Crippen LogP contribution in [0.2, 0.25) is 0 Å². The van der Waals surface area contributed by atoms with E-state index >= 15 is 0 Å². The van der Waals surface area contributed by atoms with Crippen molar-refractivity contribution in [3.8, 4) is 0 Å². The van der Waals surface area contributed by atoms with E-state index in [0.717, 1.165) is 37.8 Å². The smallest absolute Gasteiger partial charge is 0.328 e. The average molecular weight is 212 g/mol. The van der Waals surface area contributed by atoms with Gasteiger partial charge in [-0.05, 0) is 12.8 Å². The number of hydrogen-bond acceptors (Lipinski definition) is 3. The molecule has 5 nitrogen and oxygen atoms in total. The fourth-order valence-electron chi connectivity index (χ4n) is 1.72. The first-order valence-electron chi connectivity index (χ1n) is 5.06. The van der Waals surface area contributed by atoms with E-state index in [1.165, 1.54) is 0 Å². The van der Waals surface area contributed by atoms with Gasteiger partial charge in [0.25, 0.3) is 0 Å². The number of carbonyl (C=O) groups excluding carboxylic acids is 1. The van der Waals surface area contributed by atoms with Crippen molar-refractivity contribution in [1.29, 1.82) is 0 Å². The Labute approximate surface area is 88.3 Å². The predicted molar refractivity (Wildman–Crippen MR) is 55.1 cm³/mol. The molecule has 2 unspecified atom stereocenters. The molecule has 1 aliphatic carbocycles. The lowest BCUT2D eigenvalue weighted by Crippen LogP contribution is -2.48. The molecule has 15 heavy (non-hydrogen) atoms. The summed E-state index contributed by atoms with van der Waals surface area (Å²) in [5.41, 5.74) is 5.83. The second kappa shape index (κ2) is 5.50. The van der Waals surface area contributed by atoms with Gasteiger partial charge in [0.05, 0.1) is 0 Å². The molecule has 0 heterocycles. The zero-order chi connectivity index (χ0) is 11.3. The van der Waals surface area contributed by atoms with Crippen LogP contribution in [-0.2, 0) is 9.59 Å². The SMILES string of the molecule is NC1CCCCC1NC(=O)/C=C\C(=O)O. The fourth-order valence-corrected chi connectivity index (χ4v) is 1.72. The first-order chi connectivity index (χ1) is 7.09. The summed E-state index contributed by atoms with van der Waals surface area (Å²) in [7, 11) is 0. The number of aliphatic carboxylic acids is 1. The third-order valence-electron chi connectivity index (χ3n) is 2.52. The summed E-state index contributed by atoms with van der Waals surface area (Å²) >= 11 is 0. The largest absolute Gasteiger partial charge is 0.478 e. The molecule has 0 saturated heterocycles. The molecule has 1 rings (SSSR count). The van der Waals surface area contributed by atoms with E-state index in [0.29, 0.717) is 0 Å². The van der Waals surface area contributed by atoms with E-state index in [-0.39, 0.29) is 18.0 Å². The quantitative estimate of drug-likeness (QED) is 0.575. The predicted octanol–water partition coefficient (Wildman–Crippen LogP) is 0.0133. The van der Waals surface area contributed by atoms with Gasteiger partial charge < -0.3 is 16.2 Å². The van der Waals surface area contributed by atoms with Crippen LogP contribution in [0.3, 0.4) is 0 Å². The van der Waals surface area contributed by atoms with E-state index < -0.39 is 5.97 Å². The highest BCUT2D eigenvalue weighted by atomic mass is 16.4. The molecular weight excluding hydrogens is 196 g/mol. The molecule has 0 aromatic heterocycles. The second-order valence-electron chi connectivity index (χ2n) is 3.73.